The van der Waals surface area contributed by atoms with Crippen LogP contribution in [0.5, 0.6) is 0 Å². The van der Waals surface area contributed by atoms with Crippen LogP contribution in [0.25, 0.3) is 6.08 Å². The van der Waals surface area contributed by atoms with E-state index < -0.39 is 6.10 Å². The van der Waals surface area contributed by atoms with E-state index in [9.17, 15) is 5.11 Å². The number of hydrogen-bond acceptors (Lipinski definition) is 1. The van der Waals surface area contributed by atoms with Crippen LogP contribution in [0.3, 0.4) is 0 Å². The minimum Gasteiger partial charge on any atom is -0.388 e. The molecular weight excluding hydrogens is 220 g/mol. The average Bonchev–Trinajstić information content (AvgIpc) is 2.43. The lowest BCUT2D eigenvalue weighted by atomic mass is 9.79. The summed E-state index contributed by atoms with van der Waals surface area (Å²) in [6.07, 6.45) is 8.44. The highest BCUT2D eigenvalue weighted by Crippen LogP contribution is 2.30. The zero-order chi connectivity index (χ0) is 13.4. The third-order valence-corrected chi connectivity index (χ3v) is 3.48. The van der Waals surface area contributed by atoms with Crippen molar-refractivity contribution in [2.45, 2.75) is 39.2 Å². The molecule has 0 aromatic heterocycles. The van der Waals surface area contributed by atoms with Crippen LogP contribution < -0.4 is 0 Å². The summed E-state index contributed by atoms with van der Waals surface area (Å²) in [6, 6.07) is 10.0. The summed E-state index contributed by atoms with van der Waals surface area (Å²) in [5.41, 5.74) is 0.875. The van der Waals surface area contributed by atoms with Crippen LogP contribution in [-0.4, -0.2) is 11.2 Å². The van der Waals surface area contributed by atoms with E-state index in [-0.39, 0.29) is 5.41 Å². The molecule has 1 aromatic carbocycles. The molecule has 0 amide bonds. The Bertz CT molecular complexity index is 380. The van der Waals surface area contributed by atoms with Crippen molar-refractivity contribution < 1.29 is 5.11 Å². The fourth-order valence-electron chi connectivity index (χ4n) is 1.91. The van der Waals surface area contributed by atoms with Crippen LogP contribution in [0.15, 0.2) is 49.1 Å². The lowest BCUT2D eigenvalue weighted by Gasteiger charge is -2.29. The van der Waals surface area contributed by atoms with Gasteiger partial charge >= 0.3 is 0 Å². The van der Waals surface area contributed by atoms with Crippen molar-refractivity contribution in [3.8, 4) is 0 Å². The third-order valence-electron chi connectivity index (χ3n) is 3.48. The van der Waals surface area contributed by atoms with Crippen LogP contribution >= 0.6 is 0 Å². The first-order valence-corrected chi connectivity index (χ1v) is 6.67. The van der Waals surface area contributed by atoms with E-state index in [1.165, 1.54) is 0 Å². The van der Waals surface area contributed by atoms with Crippen molar-refractivity contribution in [2.75, 3.05) is 0 Å². The lowest BCUT2D eigenvalue weighted by Crippen LogP contribution is -2.28. The second-order valence-corrected chi connectivity index (χ2v) is 5.03. The molecule has 0 spiro atoms. The predicted octanol–water partition coefficient (Wildman–Crippen LogP) is 4.44. The van der Waals surface area contributed by atoms with Gasteiger partial charge in [-0.05, 0) is 12.0 Å². The smallest absolute Gasteiger partial charge is 0.0812 e. The van der Waals surface area contributed by atoms with E-state index in [0.717, 1.165) is 24.8 Å². The fraction of sp³-hybridized carbons (Fsp3) is 0.412. The molecule has 0 fully saturated rings. The zero-order valence-corrected chi connectivity index (χ0v) is 11.5. The van der Waals surface area contributed by atoms with Gasteiger partial charge in [0, 0.05) is 5.41 Å². The Balaban J connectivity index is 2.70. The normalized spacial score (nSPS) is 16.4. The minimum atomic E-state index is -0.484. The Morgan fingerprint density at radius 2 is 2.00 bits per heavy atom. The molecule has 98 valence electrons. The Labute approximate surface area is 111 Å². The number of benzene rings is 1. The quantitative estimate of drug-likeness (QED) is 0.703. The van der Waals surface area contributed by atoms with Crippen molar-refractivity contribution in [3.05, 3.63) is 54.6 Å². The van der Waals surface area contributed by atoms with Crippen molar-refractivity contribution in [1.29, 1.82) is 0 Å². The Hall–Kier alpha value is -1.34. The molecule has 0 bridgehead atoms. The molecule has 0 radical (unpaired) electrons. The lowest BCUT2D eigenvalue weighted by molar-refractivity contribution is 0.105. The Kier molecular flexibility index (Phi) is 5.87. The Morgan fingerprint density at radius 3 is 2.56 bits per heavy atom. The van der Waals surface area contributed by atoms with Crippen LogP contribution in [-0.2, 0) is 0 Å². The van der Waals surface area contributed by atoms with Gasteiger partial charge in [0.1, 0.15) is 0 Å². The highest BCUT2D eigenvalue weighted by molar-refractivity contribution is 5.49. The van der Waals surface area contributed by atoms with Gasteiger partial charge in [0.25, 0.3) is 0 Å². The van der Waals surface area contributed by atoms with Crippen LogP contribution in [0.1, 0.15) is 38.7 Å². The van der Waals surface area contributed by atoms with Crippen molar-refractivity contribution in [1.82, 2.24) is 0 Å². The van der Waals surface area contributed by atoms with E-state index in [1.807, 2.05) is 48.6 Å². The maximum absolute atomic E-state index is 10.3. The predicted molar refractivity (Wildman–Crippen MR) is 79.3 cm³/mol. The van der Waals surface area contributed by atoms with E-state index in [2.05, 4.69) is 20.4 Å². The van der Waals surface area contributed by atoms with Gasteiger partial charge in [-0.1, -0.05) is 75.2 Å². The molecule has 1 nitrogen and oxygen atoms in total. The molecule has 2 atom stereocenters. The fourth-order valence-corrected chi connectivity index (χ4v) is 1.91. The summed E-state index contributed by atoms with van der Waals surface area (Å²) in [7, 11) is 0. The summed E-state index contributed by atoms with van der Waals surface area (Å²) in [4.78, 5) is 0. The van der Waals surface area contributed by atoms with E-state index in [1.54, 1.807) is 0 Å². The first-order valence-electron chi connectivity index (χ1n) is 6.67. The van der Waals surface area contributed by atoms with Crippen molar-refractivity contribution >= 4 is 6.08 Å². The molecule has 0 heterocycles. The summed E-state index contributed by atoms with van der Waals surface area (Å²) in [5, 5.41) is 10.3. The van der Waals surface area contributed by atoms with E-state index in [0.29, 0.717) is 0 Å². The molecule has 0 unspecified atom stereocenters. The molecule has 18 heavy (non-hydrogen) atoms. The van der Waals surface area contributed by atoms with Gasteiger partial charge < -0.3 is 5.11 Å². The number of rotatable bonds is 7. The third kappa shape index (κ3) is 4.15. The van der Waals surface area contributed by atoms with Crippen LogP contribution in [0, 0.1) is 5.41 Å². The number of aliphatic hydroxyl groups is 1. The van der Waals surface area contributed by atoms with Crippen molar-refractivity contribution in [2.24, 2.45) is 5.41 Å². The van der Waals surface area contributed by atoms with E-state index in [4.69, 9.17) is 0 Å². The molecule has 1 heteroatoms. The van der Waals surface area contributed by atoms with Gasteiger partial charge in [0.15, 0.2) is 0 Å². The van der Waals surface area contributed by atoms with Gasteiger partial charge in [-0.15, -0.1) is 6.58 Å². The SMILES string of the molecule is C=C[C@](C)(CCCC)[C@H](O)/C=C/c1ccccc1. The molecular formula is C17H24O. The van der Waals surface area contributed by atoms with Crippen molar-refractivity contribution in [3.63, 3.8) is 0 Å². The highest BCUT2D eigenvalue weighted by atomic mass is 16.3. The zero-order valence-electron chi connectivity index (χ0n) is 11.5. The standard InChI is InChI=1S/C17H24O/c1-4-6-14-17(3,5-2)16(18)13-12-15-10-8-7-9-11-15/h5,7-13,16,18H,2,4,6,14H2,1,3H3/b13-12+/t16-,17-/m1/s1. The number of unbranched alkanes of at least 4 members (excludes halogenated alkanes) is 1. The second kappa shape index (κ2) is 7.17. The molecule has 0 aliphatic heterocycles. The van der Waals surface area contributed by atoms with Gasteiger partial charge in [0.2, 0.25) is 0 Å². The summed E-state index contributed by atoms with van der Waals surface area (Å²) < 4.78 is 0. The largest absolute Gasteiger partial charge is 0.388 e. The molecule has 0 aliphatic rings. The topological polar surface area (TPSA) is 20.2 Å². The molecule has 0 saturated heterocycles. The molecule has 1 aromatic rings. The summed E-state index contributed by atoms with van der Waals surface area (Å²) in [5.74, 6) is 0. The number of hydrogen-bond donors (Lipinski definition) is 1. The van der Waals surface area contributed by atoms with Gasteiger partial charge in [-0.25, -0.2) is 0 Å². The van der Waals surface area contributed by atoms with Gasteiger partial charge in [-0.3, -0.25) is 0 Å². The first-order chi connectivity index (χ1) is 8.62. The Morgan fingerprint density at radius 1 is 1.33 bits per heavy atom. The van der Waals surface area contributed by atoms with Crippen LogP contribution in [0.4, 0.5) is 0 Å². The van der Waals surface area contributed by atoms with Gasteiger partial charge in [0.05, 0.1) is 6.10 Å². The highest BCUT2D eigenvalue weighted by Gasteiger charge is 2.26. The maximum Gasteiger partial charge on any atom is 0.0812 e. The summed E-state index contributed by atoms with van der Waals surface area (Å²) >= 11 is 0. The molecule has 0 saturated carbocycles. The average molecular weight is 244 g/mol. The molecule has 1 rings (SSSR count). The van der Waals surface area contributed by atoms with Gasteiger partial charge in [-0.2, -0.15) is 0 Å². The van der Waals surface area contributed by atoms with Crippen LogP contribution in [0.2, 0.25) is 0 Å². The number of aliphatic hydroxyl groups excluding tert-OH is 1. The second-order valence-electron chi connectivity index (χ2n) is 5.03. The monoisotopic (exact) mass is 244 g/mol. The first kappa shape index (κ1) is 14.7. The van der Waals surface area contributed by atoms with E-state index >= 15 is 0 Å². The summed E-state index contributed by atoms with van der Waals surface area (Å²) in [6.45, 7) is 8.10. The molecule has 1 N–H and O–H groups in total. The minimum absolute atomic E-state index is 0.235. The molecule has 0 aliphatic carbocycles. The maximum atomic E-state index is 10.3.